The van der Waals surface area contributed by atoms with Crippen LogP contribution in [0.25, 0.3) is 5.69 Å². The van der Waals surface area contributed by atoms with Gasteiger partial charge in [-0.3, -0.25) is 9.69 Å². The smallest absolute Gasteiger partial charge is 0.251 e. The zero-order valence-corrected chi connectivity index (χ0v) is 19.4. The standard InChI is InChI=1S/C27H33N5O/c1-21-10-12-27(13-11-21,31-16-14-30(15-17-31)24-7-3-2-4-8-24)23-6-5-9-25(18-23)32-20-22(19-29-32)26(28)33/h2-9,18-21H,10-17H2,1H3,(H2,28,33). The van der Waals surface area contributed by atoms with Crippen molar-refractivity contribution in [2.45, 2.75) is 38.1 Å². The van der Waals surface area contributed by atoms with Crippen molar-refractivity contribution in [2.75, 3.05) is 31.1 Å². The topological polar surface area (TPSA) is 67.4 Å². The molecule has 0 unspecified atom stereocenters. The van der Waals surface area contributed by atoms with Gasteiger partial charge in [0.05, 0.1) is 17.4 Å². The number of anilines is 1. The quantitative estimate of drug-likeness (QED) is 0.642. The van der Waals surface area contributed by atoms with Gasteiger partial charge < -0.3 is 10.6 Å². The van der Waals surface area contributed by atoms with Gasteiger partial charge in [0.15, 0.2) is 0 Å². The van der Waals surface area contributed by atoms with Gasteiger partial charge in [-0.15, -0.1) is 0 Å². The van der Waals surface area contributed by atoms with Crippen LogP contribution in [0.5, 0.6) is 0 Å². The van der Waals surface area contributed by atoms with Crippen LogP contribution in [-0.2, 0) is 5.54 Å². The summed E-state index contributed by atoms with van der Waals surface area (Å²) < 4.78 is 1.76. The molecule has 6 nitrogen and oxygen atoms in total. The number of aromatic nitrogens is 2. The maximum absolute atomic E-state index is 11.5. The summed E-state index contributed by atoms with van der Waals surface area (Å²) >= 11 is 0. The van der Waals surface area contributed by atoms with Crippen LogP contribution in [-0.4, -0.2) is 46.8 Å². The van der Waals surface area contributed by atoms with E-state index in [0.717, 1.165) is 37.8 Å². The Kier molecular flexibility index (Phi) is 5.94. The lowest BCUT2D eigenvalue weighted by Gasteiger charge is -2.51. The molecule has 0 spiro atoms. The molecule has 0 atom stereocenters. The largest absolute Gasteiger partial charge is 0.369 e. The Hall–Kier alpha value is -3.12. The minimum Gasteiger partial charge on any atom is -0.369 e. The van der Waals surface area contributed by atoms with E-state index in [1.54, 1.807) is 10.9 Å². The van der Waals surface area contributed by atoms with E-state index < -0.39 is 5.91 Å². The molecule has 2 N–H and O–H groups in total. The Morgan fingerprint density at radius 3 is 2.33 bits per heavy atom. The molecule has 1 saturated heterocycles. The zero-order valence-electron chi connectivity index (χ0n) is 19.4. The van der Waals surface area contributed by atoms with Crippen LogP contribution in [0.4, 0.5) is 5.69 Å². The molecule has 2 aromatic carbocycles. The number of nitrogens with two attached hydrogens (primary N) is 1. The number of para-hydroxylation sites is 1. The molecule has 6 heteroatoms. The maximum atomic E-state index is 11.5. The van der Waals surface area contributed by atoms with Crippen molar-refractivity contribution in [3.8, 4) is 5.69 Å². The number of piperazine rings is 1. The molecule has 1 aliphatic heterocycles. The molecule has 0 radical (unpaired) electrons. The minimum absolute atomic E-state index is 0.0466. The number of benzene rings is 2. The van der Waals surface area contributed by atoms with Crippen molar-refractivity contribution in [2.24, 2.45) is 11.7 Å². The second-order valence-corrected chi connectivity index (χ2v) is 9.61. The Morgan fingerprint density at radius 1 is 0.970 bits per heavy atom. The van der Waals surface area contributed by atoms with Gasteiger partial charge in [-0.1, -0.05) is 37.3 Å². The highest BCUT2D eigenvalue weighted by atomic mass is 16.1. The molecule has 1 aromatic heterocycles. The number of hydrogen-bond acceptors (Lipinski definition) is 4. The number of carbonyl (C=O) groups excluding carboxylic acids is 1. The molecular formula is C27H33N5O. The van der Waals surface area contributed by atoms with Crippen LogP contribution < -0.4 is 10.6 Å². The number of primary amides is 1. The molecule has 1 amide bonds. The van der Waals surface area contributed by atoms with E-state index in [1.807, 2.05) is 6.07 Å². The first kappa shape index (κ1) is 21.7. The van der Waals surface area contributed by atoms with Crippen molar-refractivity contribution < 1.29 is 4.79 Å². The zero-order chi connectivity index (χ0) is 22.8. The third kappa shape index (κ3) is 4.27. The van der Waals surface area contributed by atoms with E-state index in [2.05, 4.69) is 70.4 Å². The molecule has 5 rings (SSSR count). The summed E-state index contributed by atoms with van der Waals surface area (Å²) in [4.78, 5) is 16.8. The molecular weight excluding hydrogens is 410 g/mol. The fraction of sp³-hybridized carbons (Fsp3) is 0.407. The van der Waals surface area contributed by atoms with Gasteiger partial charge >= 0.3 is 0 Å². The number of nitrogens with zero attached hydrogens (tertiary/aromatic N) is 4. The lowest BCUT2D eigenvalue weighted by molar-refractivity contribution is 0.0298. The molecule has 0 bridgehead atoms. The predicted octanol–water partition coefficient (Wildman–Crippen LogP) is 4.20. The average Bonchev–Trinajstić information content (AvgIpc) is 3.37. The summed E-state index contributed by atoms with van der Waals surface area (Å²) in [5, 5.41) is 4.38. The second kappa shape index (κ2) is 9.02. The Morgan fingerprint density at radius 2 is 1.67 bits per heavy atom. The first-order chi connectivity index (χ1) is 16.0. The van der Waals surface area contributed by atoms with E-state index in [0.29, 0.717) is 5.56 Å². The van der Waals surface area contributed by atoms with Gasteiger partial charge in [-0.25, -0.2) is 4.68 Å². The van der Waals surface area contributed by atoms with Gasteiger partial charge in [0.1, 0.15) is 0 Å². The first-order valence-corrected chi connectivity index (χ1v) is 12.1. The highest BCUT2D eigenvalue weighted by Gasteiger charge is 2.42. The van der Waals surface area contributed by atoms with Crippen molar-refractivity contribution in [3.63, 3.8) is 0 Å². The minimum atomic E-state index is -0.452. The molecule has 3 aromatic rings. The van der Waals surface area contributed by atoms with E-state index in [1.165, 1.54) is 43.1 Å². The number of rotatable bonds is 5. The molecule has 1 aliphatic carbocycles. The molecule has 2 fully saturated rings. The Balaban J connectivity index is 1.43. The van der Waals surface area contributed by atoms with E-state index >= 15 is 0 Å². The van der Waals surface area contributed by atoms with Crippen molar-refractivity contribution in [1.82, 2.24) is 14.7 Å². The summed E-state index contributed by atoms with van der Waals surface area (Å²) in [6.45, 7) is 6.58. The van der Waals surface area contributed by atoms with Crippen LogP contribution in [0.1, 0.15) is 48.5 Å². The van der Waals surface area contributed by atoms with Crippen LogP contribution in [0, 0.1) is 5.92 Å². The van der Waals surface area contributed by atoms with E-state index in [9.17, 15) is 4.79 Å². The van der Waals surface area contributed by atoms with Crippen LogP contribution in [0.15, 0.2) is 67.0 Å². The Bertz CT molecular complexity index is 1090. The SMILES string of the molecule is CC1CCC(c2cccc(-n3cc(C(N)=O)cn3)c2)(N2CCN(c3ccccc3)CC2)CC1. The van der Waals surface area contributed by atoms with Gasteiger partial charge in [0.2, 0.25) is 0 Å². The van der Waals surface area contributed by atoms with Crippen molar-refractivity contribution in [1.29, 1.82) is 0 Å². The van der Waals surface area contributed by atoms with Gasteiger partial charge in [0, 0.05) is 43.6 Å². The van der Waals surface area contributed by atoms with Crippen LogP contribution >= 0.6 is 0 Å². The third-order valence-electron chi connectivity index (χ3n) is 7.62. The lowest BCUT2D eigenvalue weighted by Crippen LogP contribution is -2.56. The molecule has 172 valence electrons. The number of hydrogen-bond donors (Lipinski definition) is 1. The van der Waals surface area contributed by atoms with E-state index in [-0.39, 0.29) is 5.54 Å². The van der Waals surface area contributed by atoms with Gasteiger partial charge in [0.25, 0.3) is 5.91 Å². The predicted molar refractivity (Wildman–Crippen MR) is 132 cm³/mol. The first-order valence-electron chi connectivity index (χ1n) is 12.1. The van der Waals surface area contributed by atoms with E-state index in [4.69, 9.17) is 5.73 Å². The summed E-state index contributed by atoms with van der Waals surface area (Å²) in [6.07, 6.45) is 8.10. The second-order valence-electron chi connectivity index (χ2n) is 9.61. The number of carbonyl (C=O) groups is 1. The fourth-order valence-electron chi connectivity index (χ4n) is 5.59. The highest BCUT2D eigenvalue weighted by Crippen LogP contribution is 2.45. The lowest BCUT2D eigenvalue weighted by atomic mass is 9.71. The van der Waals surface area contributed by atoms with Crippen LogP contribution in [0.3, 0.4) is 0 Å². The summed E-state index contributed by atoms with van der Waals surface area (Å²) in [5.41, 5.74) is 9.55. The average molecular weight is 444 g/mol. The number of amides is 1. The summed E-state index contributed by atoms with van der Waals surface area (Å²) in [5.74, 6) is 0.322. The monoisotopic (exact) mass is 443 g/mol. The summed E-state index contributed by atoms with van der Waals surface area (Å²) in [6, 6.07) is 19.5. The highest BCUT2D eigenvalue weighted by molar-refractivity contribution is 5.92. The van der Waals surface area contributed by atoms with Crippen molar-refractivity contribution in [3.05, 3.63) is 78.1 Å². The van der Waals surface area contributed by atoms with Gasteiger partial charge in [-0.05, 0) is 61.4 Å². The fourth-order valence-corrected chi connectivity index (χ4v) is 5.59. The molecule has 33 heavy (non-hydrogen) atoms. The summed E-state index contributed by atoms with van der Waals surface area (Å²) in [7, 11) is 0. The maximum Gasteiger partial charge on any atom is 0.251 e. The molecule has 1 saturated carbocycles. The van der Waals surface area contributed by atoms with Crippen LogP contribution in [0.2, 0.25) is 0 Å². The Labute approximate surface area is 196 Å². The molecule has 2 heterocycles. The molecule has 2 aliphatic rings. The van der Waals surface area contributed by atoms with Gasteiger partial charge in [-0.2, -0.15) is 5.10 Å². The normalized spacial score (nSPS) is 24.0. The van der Waals surface area contributed by atoms with Crippen molar-refractivity contribution >= 4 is 11.6 Å². The third-order valence-corrected chi connectivity index (χ3v) is 7.62.